The van der Waals surface area contributed by atoms with Gasteiger partial charge in [-0.05, 0) is 68.4 Å². The Labute approximate surface area is 172 Å². The molecule has 0 saturated carbocycles. The average Bonchev–Trinajstić information content (AvgIpc) is 2.69. The molecule has 1 saturated heterocycles. The zero-order valence-corrected chi connectivity index (χ0v) is 17.3. The van der Waals surface area contributed by atoms with Crippen molar-refractivity contribution in [1.82, 2.24) is 14.9 Å². The molecular formula is C23H28N6. The van der Waals surface area contributed by atoms with Gasteiger partial charge in [0.25, 0.3) is 0 Å². The van der Waals surface area contributed by atoms with Gasteiger partial charge in [-0.15, -0.1) is 0 Å². The highest BCUT2D eigenvalue weighted by molar-refractivity contribution is 5.65. The molecule has 0 aliphatic carbocycles. The molecule has 29 heavy (non-hydrogen) atoms. The van der Waals surface area contributed by atoms with Crippen LogP contribution in [-0.4, -0.2) is 48.1 Å². The molecule has 1 aliphatic rings. The van der Waals surface area contributed by atoms with Crippen molar-refractivity contribution in [2.24, 2.45) is 0 Å². The van der Waals surface area contributed by atoms with Crippen molar-refractivity contribution in [2.75, 3.05) is 48.8 Å². The summed E-state index contributed by atoms with van der Waals surface area (Å²) in [5.41, 5.74) is 5.76. The number of anilines is 5. The van der Waals surface area contributed by atoms with E-state index in [1.165, 1.54) is 16.8 Å². The van der Waals surface area contributed by atoms with Gasteiger partial charge in [0, 0.05) is 49.3 Å². The van der Waals surface area contributed by atoms with Gasteiger partial charge in [-0.2, -0.15) is 0 Å². The molecule has 6 nitrogen and oxygen atoms in total. The molecule has 3 aromatic rings. The topological polar surface area (TPSA) is 56.3 Å². The maximum Gasteiger partial charge on any atom is 0.135 e. The minimum absolute atomic E-state index is 0.763. The van der Waals surface area contributed by atoms with Crippen LogP contribution >= 0.6 is 0 Å². The number of nitrogens with zero attached hydrogens (tertiary/aromatic N) is 4. The zero-order valence-electron chi connectivity index (χ0n) is 17.3. The second kappa shape index (κ2) is 8.49. The molecule has 2 N–H and O–H groups in total. The van der Waals surface area contributed by atoms with Crippen LogP contribution in [0.1, 0.15) is 11.1 Å². The molecule has 6 heteroatoms. The van der Waals surface area contributed by atoms with Crippen LogP contribution in [0.2, 0.25) is 0 Å². The van der Waals surface area contributed by atoms with Gasteiger partial charge in [0.05, 0.1) is 0 Å². The second-order valence-electron chi connectivity index (χ2n) is 7.75. The lowest BCUT2D eigenvalue weighted by Crippen LogP contribution is -2.44. The van der Waals surface area contributed by atoms with Gasteiger partial charge in [-0.1, -0.05) is 6.07 Å². The van der Waals surface area contributed by atoms with Gasteiger partial charge >= 0.3 is 0 Å². The fraction of sp³-hybridized carbons (Fsp3) is 0.304. The van der Waals surface area contributed by atoms with Gasteiger partial charge < -0.3 is 20.4 Å². The highest BCUT2D eigenvalue weighted by Gasteiger charge is 2.14. The molecule has 2 heterocycles. The standard InChI is InChI=1S/C23H28N6/c1-17-12-18(2)14-20(13-17)27-23-15-22(24-16-25-23)26-19-4-6-21(7-5-19)29-10-8-28(3)9-11-29/h4-7,12-16H,8-11H2,1-3H3,(H2,24,25,26,27). The first-order chi connectivity index (χ1) is 14.0. The van der Waals surface area contributed by atoms with Crippen molar-refractivity contribution in [3.63, 3.8) is 0 Å². The second-order valence-corrected chi connectivity index (χ2v) is 7.75. The monoisotopic (exact) mass is 388 g/mol. The summed E-state index contributed by atoms with van der Waals surface area (Å²) in [5, 5.41) is 6.74. The Bertz CT molecular complexity index is 941. The average molecular weight is 389 g/mol. The summed E-state index contributed by atoms with van der Waals surface area (Å²) in [6.45, 7) is 8.55. The number of aryl methyl sites for hydroxylation is 2. The first-order valence-electron chi connectivity index (χ1n) is 10.0. The molecule has 0 atom stereocenters. The Hall–Kier alpha value is -3.12. The van der Waals surface area contributed by atoms with E-state index in [-0.39, 0.29) is 0 Å². The SMILES string of the molecule is Cc1cc(C)cc(Nc2cc(Nc3ccc(N4CCN(C)CC4)cc3)ncn2)c1. The summed E-state index contributed by atoms with van der Waals surface area (Å²) in [6.07, 6.45) is 1.58. The quantitative estimate of drug-likeness (QED) is 0.678. The van der Waals surface area contributed by atoms with Gasteiger partial charge in [0.15, 0.2) is 0 Å². The van der Waals surface area contributed by atoms with E-state index < -0.39 is 0 Å². The summed E-state index contributed by atoms with van der Waals surface area (Å²) in [7, 11) is 2.18. The number of likely N-dealkylation sites (N-methyl/N-ethyl adjacent to an activating group) is 1. The number of hydrogen-bond donors (Lipinski definition) is 2. The Morgan fingerprint density at radius 3 is 1.93 bits per heavy atom. The molecule has 0 bridgehead atoms. The van der Waals surface area contributed by atoms with E-state index in [4.69, 9.17) is 0 Å². The fourth-order valence-corrected chi connectivity index (χ4v) is 3.66. The zero-order chi connectivity index (χ0) is 20.2. The van der Waals surface area contributed by atoms with Crippen molar-refractivity contribution in [2.45, 2.75) is 13.8 Å². The van der Waals surface area contributed by atoms with Crippen molar-refractivity contribution >= 4 is 28.7 Å². The van der Waals surface area contributed by atoms with Gasteiger partial charge in [0.1, 0.15) is 18.0 Å². The van der Waals surface area contributed by atoms with Crippen molar-refractivity contribution < 1.29 is 0 Å². The first kappa shape index (κ1) is 19.2. The van der Waals surface area contributed by atoms with E-state index in [1.807, 2.05) is 6.07 Å². The lowest BCUT2D eigenvalue weighted by atomic mass is 10.1. The van der Waals surface area contributed by atoms with Crippen molar-refractivity contribution in [3.05, 3.63) is 66.0 Å². The third-order valence-corrected chi connectivity index (χ3v) is 5.17. The third-order valence-electron chi connectivity index (χ3n) is 5.17. The number of hydrogen-bond acceptors (Lipinski definition) is 6. The smallest absolute Gasteiger partial charge is 0.135 e. The Morgan fingerprint density at radius 1 is 0.724 bits per heavy atom. The van der Waals surface area contributed by atoms with Crippen LogP contribution in [0.25, 0.3) is 0 Å². The number of rotatable bonds is 5. The molecule has 150 valence electrons. The molecular weight excluding hydrogens is 360 g/mol. The lowest BCUT2D eigenvalue weighted by Gasteiger charge is -2.34. The maximum atomic E-state index is 4.35. The molecule has 4 rings (SSSR count). The number of benzene rings is 2. The van der Waals surface area contributed by atoms with Crippen LogP contribution in [0.5, 0.6) is 0 Å². The van der Waals surface area contributed by atoms with E-state index in [9.17, 15) is 0 Å². The van der Waals surface area contributed by atoms with Crippen LogP contribution in [0.15, 0.2) is 54.9 Å². The van der Waals surface area contributed by atoms with Crippen LogP contribution in [0, 0.1) is 13.8 Å². The van der Waals surface area contributed by atoms with E-state index in [0.29, 0.717) is 0 Å². The number of piperazine rings is 1. The summed E-state index contributed by atoms with van der Waals surface area (Å²) in [5.74, 6) is 1.53. The predicted molar refractivity (Wildman–Crippen MR) is 121 cm³/mol. The highest BCUT2D eigenvalue weighted by atomic mass is 15.2. The van der Waals surface area contributed by atoms with E-state index in [0.717, 1.165) is 49.2 Å². The molecule has 0 radical (unpaired) electrons. The van der Waals surface area contributed by atoms with E-state index in [1.54, 1.807) is 6.33 Å². The van der Waals surface area contributed by atoms with Gasteiger partial charge in [-0.3, -0.25) is 0 Å². The summed E-state index contributed by atoms with van der Waals surface area (Å²) in [6, 6.07) is 16.8. The maximum absolute atomic E-state index is 4.35. The van der Waals surface area contributed by atoms with Gasteiger partial charge in [0.2, 0.25) is 0 Å². The molecule has 0 spiro atoms. The van der Waals surface area contributed by atoms with Crippen molar-refractivity contribution in [1.29, 1.82) is 0 Å². The third kappa shape index (κ3) is 5.03. The number of nitrogens with one attached hydrogen (secondary N) is 2. The van der Waals surface area contributed by atoms with Crippen LogP contribution in [0.3, 0.4) is 0 Å². The molecule has 1 aliphatic heterocycles. The molecule has 0 unspecified atom stereocenters. The number of aromatic nitrogens is 2. The Morgan fingerprint density at radius 2 is 1.31 bits per heavy atom. The first-order valence-corrected chi connectivity index (χ1v) is 10.0. The highest BCUT2D eigenvalue weighted by Crippen LogP contribution is 2.23. The summed E-state index contributed by atoms with van der Waals surface area (Å²) >= 11 is 0. The molecule has 1 aromatic heterocycles. The normalized spacial score (nSPS) is 14.7. The largest absolute Gasteiger partial charge is 0.369 e. The lowest BCUT2D eigenvalue weighted by molar-refractivity contribution is 0.313. The predicted octanol–water partition coefficient (Wildman–Crippen LogP) is 4.33. The Balaban J connectivity index is 1.42. The summed E-state index contributed by atoms with van der Waals surface area (Å²) in [4.78, 5) is 13.5. The molecule has 1 fully saturated rings. The van der Waals surface area contributed by atoms with Gasteiger partial charge in [-0.25, -0.2) is 9.97 Å². The molecule has 2 aromatic carbocycles. The minimum Gasteiger partial charge on any atom is -0.369 e. The Kier molecular flexibility index (Phi) is 5.62. The van der Waals surface area contributed by atoms with E-state index >= 15 is 0 Å². The fourth-order valence-electron chi connectivity index (χ4n) is 3.66. The summed E-state index contributed by atoms with van der Waals surface area (Å²) < 4.78 is 0. The van der Waals surface area contributed by atoms with Crippen LogP contribution < -0.4 is 15.5 Å². The minimum atomic E-state index is 0.763. The van der Waals surface area contributed by atoms with Crippen LogP contribution in [-0.2, 0) is 0 Å². The van der Waals surface area contributed by atoms with E-state index in [2.05, 4.69) is 93.8 Å². The molecule has 0 amide bonds. The van der Waals surface area contributed by atoms with Crippen LogP contribution in [0.4, 0.5) is 28.7 Å². The van der Waals surface area contributed by atoms with Crippen molar-refractivity contribution in [3.8, 4) is 0 Å².